The number of benzene rings is 2. The minimum atomic E-state index is -0.463. The predicted molar refractivity (Wildman–Crippen MR) is 96.5 cm³/mol. The summed E-state index contributed by atoms with van der Waals surface area (Å²) in [5, 5.41) is 15.3. The highest BCUT2D eigenvalue weighted by Crippen LogP contribution is 2.15. The zero-order chi connectivity index (χ0) is 17.2. The number of halogens is 1. The Labute approximate surface area is 146 Å². The largest absolute Gasteiger partial charge is 0.390 e. The van der Waals surface area contributed by atoms with E-state index in [1.54, 1.807) is 24.3 Å². The molecule has 0 saturated carbocycles. The van der Waals surface area contributed by atoms with Crippen molar-refractivity contribution in [3.63, 3.8) is 0 Å². The summed E-state index contributed by atoms with van der Waals surface area (Å²) >= 11 is 5.87. The van der Waals surface area contributed by atoms with Crippen LogP contribution in [0.4, 0.5) is 5.69 Å². The van der Waals surface area contributed by atoms with Gasteiger partial charge in [0.05, 0.1) is 0 Å². The van der Waals surface area contributed by atoms with E-state index in [9.17, 15) is 4.79 Å². The van der Waals surface area contributed by atoms with E-state index < -0.39 is 5.91 Å². The van der Waals surface area contributed by atoms with E-state index in [4.69, 9.17) is 16.9 Å². The van der Waals surface area contributed by atoms with Gasteiger partial charge in [0.15, 0.2) is 0 Å². The molecule has 5 heteroatoms. The fourth-order valence-corrected chi connectivity index (χ4v) is 2.32. The molecule has 0 aliphatic carbocycles. The van der Waals surface area contributed by atoms with Gasteiger partial charge in [0.2, 0.25) is 0 Å². The summed E-state index contributed by atoms with van der Waals surface area (Å²) in [4.78, 5) is 12.1. The first-order chi connectivity index (χ1) is 11.7. The van der Waals surface area contributed by atoms with Gasteiger partial charge in [0, 0.05) is 23.5 Å². The number of anilines is 1. The van der Waals surface area contributed by atoms with Gasteiger partial charge < -0.3 is 10.6 Å². The number of carbonyl (C=O) groups is 1. The first-order valence-electron chi connectivity index (χ1n) is 7.63. The molecule has 0 heterocycles. The van der Waals surface area contributed by atoms with Crippen molar-refractivity contribution in [1.82, 2.24) is 5.32 Å². The van der Waals surface area contributed by atoms with Gasteiger partial charge in [0.1, 0.15) is 11.6 Å². The molecular weight excluding hydrogens is 322 g/mol. The standard InChI is InChI=1S/C19H18ClN3O/c20-17-9-4-10-18(12-17)23-19(24)16(13-21)14-22-11-5-8-15-6-2-1-3-7-15/h1-4,6-7,9-10,12,14,22H,5,8,11H2,(H,23,24)/b16-14-. The summed E-state index contributed by atoms with van der Waals surface area (Å²) in [7, 11) is 0. The lowest BCUT2D eigenvalue weighted by atomic mass is 10.1. The van der Waals surface area contributed by atoms with Crippen molar-refractivity contribution >= 4 is 23.2 Å². The molecule has 1 amide bonds. The first-order valence-corrected chi connectivity index (χ1v) is 8.01. The third kappa shape index (κ3) is 5.79. The van der Waals surface area contributed by atoms with Crippen LogP contribution in [0, 0.1) is 11.3 Å². The molecule has 24 heavy (non-hydrogen) atoms. The second kappa shape index (κ2) is 9.39. The molecule has 0 saturated heterocycles. The summed E-state index contributed by atoms with van der Waals surface area (Å²) in [6.07, 6.45) is 3.30. The Morgan fingerprint density at radius 1 is 1.17 bits per heavy atom. The molecule has 0 spiro atoms. The van der Waals surface area contributed by atoms with Gasteiger partial charge in [0.25, 0.3) is 5.91 Å². The third-order valence-corrected chi connectivity index (χ3v) is 3.56. The van der Waals surface area contributed by atoms with Crippen LogP contribution in [0.2, 0.25) is 5.02 Å². The monoisotopic (exact) mass is 339 g/mol. The number of rotatable bonds is 7. The van der Waals surface area contributed by atoms with Crippen molar-refractivity contribution in [1.29, 1.82) is 5.26 Å². The molecule has 0 fully saturated rings. The van der Waals surface area contributed by atoms with Crippen LogP contribution in [0.1, 0.15) is 12.0 Å². The van der Waals surface area contributed by atoms with E-state index in [1.165, 1.54) is 11.8 Å². The molecule has 0 radical (unpaired) electrons. The van der Waals surface area contributed by atoms with E-state index in [2.05, 4.69) is 22.8 Å². The van der Waals surface area contributed by atoms with Gasteiger partial charge in [-0.25, -0.2) is 0 Å². The zero-order valence-electron chi connectivity index (χ0n) is 13.1. The third-order valence-electron chi connectivity index (χ3n) is 3.32. The molecular formula is C19H18ClN3O. The Bertz CT molecular complexity index is 751. The van der Waals surface area contributed by atoms with Crippen molar-refractivity contribution in [2.75, 3.05) is 11.9 Å². The lowest BCUT2D eigenvalue weighted by Gasteiger charge is -2.05. The van der Waals surface area contributed by atoms with Crippen LogP contribution >= 0.6 is 11.6 Å². The molecule has 2 rings (SSSR count). The Morgan fingerprint density at radius 2 is 1.96 bits per heavy atom. The minimum absolute atomic E-state index is 0.0229. The first kappa shape index (κ1) is 17.6. The fourth-order valence-electron chi connectivity index (χ4n) is 2.13. The lowest BCUT2D eigenvalue weighted by Crippen LogP contribution is -2.17. The normalized spacial score (nSPS) is 10.8. The van der Waals surface area contributed by atoms with Crippen LogP contribution in [0.3, 0.4) is 0 Å². The number of hydrogen-bond acceptors (Lipinski definition) is 3. The quantitative estimate of drug-likeness (QED) is 0.456. The van der Waals surface area contributed by atoms with Gasteiger partial charge >= 0.3 is 0 Å². The molecule has 2 N–H and O–H groups in total. The molecule has 2 aromatic carbocycles. The topological polar surface area (TPSA) is 64.9 Å². The average Bonchev–Trinajstić information content (AvgIpc) is 2.59. The molecule has 4 nitrogen and oxygen atoms in total. The van der Waals surface area contributed by atoms with E-state index in [1.807, 2.05) is 24.3 Å². The molecule has 0 atom stereocenters. The Morgan fingerprint density at radius 3 is 2.67 bits per heavy atom. The summed E-state index contributed by atoms with van der Waals surface area (Å²) in [6, 6.07) is 18.9. The van der Waals surface area contributed by atoms with Crippen LogP contribution in [0.5, 0.6) is 0 Å². The number of nitrogens with zero attached hydrogens (tertiary/aromatic N) is 1. The van der Waals surface area contributed by atoms with Gasteiger partial charge in [-0.15, -0.1) is 0 Å². The van der Waals surface area contributed by atoms with E-state index in [0.717, 1.165) is 12.8 Å². The van der Waals surface area contributed by atoms with Gasteiger partial charge in [-0.2, -0.15) is 5.26 Å². The molecule has 0 bridgehead atoms. The van der Waals surface area contributed by atoms with E-state index in [0.29, 0.717) is 17.3 Å². The maximum Gasteiger partial charge on any atom is 0.267 e. The average molecular weight is 340 g/mol. The van der Waals surface area contributed by atoms with Crippen LogP contribution in [0.25, 0.3) is 0 Å². The number of nitrogens with one attached hydrogen (secondary N) is 2. The predicted octanol–water partition coefficient (Wildman–Crippen LogP) is 3.91. The van der Waals surface area contributed by atoms with Crippen LogP contribution in [-0.4, -0.2) is 12.5 Å². The number of amides is 1. The highest BCUT2D eigenvalue weighted by atomic mass is 35.5. The van der Waals surface area contributed by atoms with Gasteiger partial charge in [-0.3, -0.25) is 4.79 Å². The van der Waals surface area contributed by atoms with Gasteiger partial charge in [-0.1, -0.05) is 48.0 Å². The molecule has 0 aromatic heterocycles. The molecule has 2 aromatic rings. The molecule has 122 valence electrons. The number of carbonyl (C=O) groups excluding carboxylic acids is 1. The summed E-state index contributed by atoms with van der Waals surface area (Å²) in [6.45, 7) is 0.685. The number of hydrogen-bond donors (Lipinski definition) is 2. The van der Waals surface area contributed by atoms with E-state index >= 15 is 0 Å². The summed E-state index contributed by atoms with van der Waals surface area (Å²) < 4.78 is 0. The Hall–Kier alpha value is -2.77. The maximum absolute atomic E-state index is 12.1. The fraction of sp³-hybridized carbons (Fsp3) is 0.158. The van der Waals surface area contributed by atoms with E-state index in [-0.39, 0.29) is 5.57 Å². The Balaban J connectivity index is 1.80. The van der Waals surface area contributed by atoms with Crippen molar-refractivity contribution in [3.05, 3.63) is 77.0 Å². The van der Waals surface area contributed by atoms with Crippen LogP contribution in [-0.2, 0) is 11.2 Å². The van der Waals surface area contributed by atoms with Crippen molar-refractivity contribution in [2.45, 2.75) is 12.8 Å². The molecule has 0 aliphatic rings. The zero-order valence-corrected chi connectivity index (χ0v) is 13.9. The van der Waals surface area contributed by atoms with Crippen molar-refractivity contribution < 1.29 is 4.79 Å². The highest BCUT2D eigenvalue weighted by molar-refractivity contribution is 6.31. The number of aryl methyl sites for hydroxylation is 1. The maximum atomic E-state index is 12.1. The van der Waals surface area contributed by atoms with Crippen LogP contribution < -0.4 is 10.6 Å². The van der Waals surface area contributed by atoms with Crippen molar-refractivity contribution in [2.24, 2.45) is 0 Å². The smallest absolute Gasteiger partial charge is 0.267 e. The van der Waals surface area contributed by atoms with Crippen LogP contribution in [0.15, 0.2) is 66.4 Å². The number of nitriles is 1. The molecule has 0 aliphatic heterocycles. The minimum Gasteiger partial charge on any atom is -0.390 e. The highest BCUT2D eigenvalue weighted by Gasteiger charge is 2.09. The Kier molecular flexibility index (Phi) is 6.88. The van der Waals surface area contributed by atoms with Gasteiger partial charge in [-0.05, 0) is 36.6 Å². The molecule has 0 unspecified atom stereocenters. The second-order valence-electron chi connectivity index (χ2n) is 5.18. The van der Waals surface area contributed by atoms with Crippen molar-refractivity contribution in [3.8, 4) is 6.07 Å². The summed E-state index contributed by atoms with van der Waals surface area (Å²) in [5.74, 6) is -0.463. The second-order valence-corrected chi connectivity index (χ2v) is 5.61. The lowest BCUT2D eigenvalue weighted by molar-refractivity contribution is -0.112. The SMILES string of the molecule is N#C/C(=C/NCCCc1ccccc1)C(=O)Nc1cccc(Cl)c1. The summed E-state index contributed by atoms with van der Waals surface area (Å²) in [5.41, 5.74) is 1.84.